The van der Waals surface area contributed by atoms with Crippen LogP contribution in [-0.4, -0.2) is 207 Å². The normalized spacial score (nSPS) is 15.2. The Morgan fingerprint density at radius 1 is 0.280 bits per heavy atom. The molecule has 0 rings (SSSR count). The first-order valence-corrected chi connectivity index (χ1v) is 37.8. The molecule has 0 aromatic carbocycles. The van der Waals surface area contributed by atoms with Crippen molar-refractivity contribution < 1.29 is 71.9 Å². The Kier molecular flexibility index (Phi) is 45.8. The molecule has 35 heteroatoms. The van der Waals surface area contributed by atoms with Gasteiger partial charge in [0.2, 0.25) is 41.4 Å². The third-order valence-electron chi connectivity index (χ3n) is 16.3. The van der Waals surface area contributed by atoms with E-state index in [2.05, 4.69) is 101 Å². The number of primary amides is 1. The molecule has 0 spiro atoms. The zero-order valence-electron chi connectivity index (χ0n) is 68.3. The van der Waals surface area contributed by atoms with E-state index in [9.17, 15) is 67.1 Å². The lowest BCUT2D eigenvalue weighted by Gasteiger charge is -2.28. The molecule has 0 unspecified atom stereocenters. The number of amides is 20. The van der Waals surface area contributed by atoms with Gasteiger partial charge in [0.15, 0.2) is 0 Å². The van der Waals surface area contributed by atoms with Crippen LogP contribution >= 0.6 is 0 Å². The number of ether oxygens (including phenoxy) is 1. The van der Waals surface area contributed by atoms with Crippen LogP contribution in [0.3, 0.4) is 0 Å². The highest BCUT2D eigenvalue weighted by Crippen LogP contribution is 2.14. The maximum absolute atomic E-state index is 14.0. The van der Waals surface area contributed by atoms with Gasteiger partial charge in [0, 0.05) is 69.5 Å². The lowest BCUT2D eigenvalue weighted by atomic mass is 10.00. The van der Waals surface area contributed by atoms with E-state index >= 15 is 0 Å². The molecule has 616 valence electrons. The Morgan fingerprint density at radius 2 is 0.542 bits per heavy atom. The van der Waals surface area contributed by atoms with E-state index in [0.717, 1.165) is 0 Å². The molecule has 0 heterocycles. The summed E-state index contributed by atoms with van der Waals surface area (Å²) >= 11 is 0. The average Bonchev–Trinajstić information content (AvgIpc) is 0.780. The van der Waals surface area contributed by atoms with Gasteiger partial charge < -0.3 is 111 Å². The number of nitrogens with one attached hydrogen (secondary N) is 19. The maximum atomic E-state index is 14.0. The number of nitrogens with two attached hydrogens (primary N) is 1. The van der Waals surface area contributed by atoms with Crippen LogP contribution in [0.25, 0.3) is 0 Å². The third-order valence-corrected chi connectivity index (χ3v) is 16.3. The Bertz CT molecular complexity index is 2840. The number of urea groups is 6. The minimum Gasteiger partial charge on any atom is -0.444 e. The molecule has 13 atom stereocenters. The molecule has 0 radical (unpaired) electrons. The summed E-state index contributed by atoms with van der Waals surface area (Å²) in [6, 6.07) is -14.4. The van der Waals surface area contributed by atoms with Gasteiger partial charge >= 0.3 is 42.3 Å². The van der Waals surface area contributed by atoms with Crippen LogP contribution in [0.4, 0.5) is 33.6 Å². The van der Waals surface area contributed by atoms with Crippen LogP contribution in [0.5, 0.6) is 0 Å². The standard InChI is InChI=1S/C72H138N20O15/c1-37(2)25-50(33-74-65(73)100)85-68(103)75-31-46(18)81-67(102)79-36-57(44(15)16)91-70(105)77-34-51(26-38(3)4)86-69(104)76-32-45(17)80-66(101)78-35-56(43(13)14)90-64(99)54(29-41(9)10)89-60(95)48(20)83-62(97)52(27-39(5)6)87-58(93)47(19)82-61(96)53(28-40(7)8)88-59(94)49(21)84-63(98)55(30-42(11)12)92-71(106)107-72(22,23)24/h37-57H,25-36H2,1-24H3,(H,82,96)(H,83,97)(H,84,98)(H,87,93)(H,88,94)(H,89,95)(H,90,99)(H,92,106)(H3,73,74,100)(H2,75,85,103)(H2,76,86,104)(H2,77,91,105)(H2,78,80,101)(H2,79,81,102)/t45-,46-,47-,48-,49-,50-,51-,52-,53-,54-,55-,56+,57+/m0/s1. The van der Waals surface area contributed by atoms with Crippen molar-refractivity contribution in [3.8, 4) is 0 Å². The first-order valence-electron chi connectivity index (χ1n) is 37.8. The number of rotatable bonds is 46. The third kappa shape index (κ3) is 46.1. The fraction of sp³-hybridized carbons (Fsp3) is 0.806. The van der Waals surface area contributed by atoms with Crippen molar-refractivity contribution in [3.63, 3.8) is 0 Å². The van der Waals surface area contributed by atoms with Crippen molar-refractivity contribution in [1.29, 1.82) is 0 Å². The highest BCUT2D eigenvalue weighted by atomic mass is 16.6. The minimum atomic E-state index is -1.22. The van der Waals surface area contributed by atoms with Crippen molar-refractivity contribution in [3.05, 3.63) is 0 Å². The molecule has 0 bridgehead atoms. The average molecular weight is 1520 g/mol. The van der Waals surface area contributed by atoms with Crippen LogP contribution in [0.15, 0.2) is 0 Å². The number of alkyl carbamates (subject to hydrolysis) is 1. The van der Waals surface area contributed by atoms with E-state index in [4.69, 9.17) is 10.5 Å². The number of carbonyl (C=O) groups is 14. The first-order chi connectivity index (χ1) is 49.5. The fourth-order valence-corrected chi connectivity index (χ4v) is 10.7. The maximum Gasteiger partial charge on any atom is 0.408 e. The molecular weight excluding hydrogens is 1380 g/mol. The molecular formula is C72H138N20O15. The Balaban J connectivity index is 5.63. The fourth-order valence-electron chi connectivity index (χ4n) is 10.7. The molecule has 0 aliphatic heterocycles. The summed E-state index contributed by atoms with van der Waals surface area (Å²) in [6.45, 7) is 43.2. The van der Waals surface area contributed by atoms with Crippen LogP contribution in [0.2, 0.25) is 0 Å². The molecule has 0 fully saturated rings. The van der Waals surface area contributed by atoms with Crippen molar-refractivity contribution in [2.75, 3.05) is 39.3 Å². The summed E-state index contributed by atoms with van der Waals surface area (Å²) in [7, 11) is 0. The van der Waals surface area contributed by atoms with E-state index in [1.54, 1.807) is 34.6 Å². The van der Waals surface area contributed by atoms with Gasteiger partial charge in [-0.25, -0.2) is 33.6 Å². The van der Waals surface area contributed by atoms with Crippen LogP contribution < -0.4 is 107 Å². The smallest absolute Gasteiger partial charge is 0.408 e. The predicted octanol–water partition coefficient (Wildman–Crippen LogP) is 2.97. The molecule has 21 N–H and O–H groups in total. The lowest BCUT2D eigenvalue weighted by Crippen LogP contribution is -2.59. The van der Waals surface area contributed by atoms with Crippen LogP contribution in [-0.2, 0) is 38.3 Å². The first kappa shape index (κ1) is 98.2. The molecule has 20 amide bonds. The lowest BCUT2D eigenvalue weighted by molar-refractivity contribution is -0.135. The summed E-state index contributed by atoms with van der Waals surface area (Å²) in [4.78, 5) is 185. The van der Waals surface area contributed by atoms with Gasteiger partial charge in [-0.3, -0.25) is 33.6 Å². The van der Waals surface area contributed by atoms with Gasteiger partial charge in [-0.1, -0.05) is 111 Å². The van der Waals surface area contributed by atoms with Gasteiger partial charge in [-0.05, 0) is 141 Å². The highest BCUT2D eigenvalue weighted by molar-refractivity contribution is 5.97. The van der Waals surface area contributed by atoms with Gasteiger partial charge in [0.25, 0.3) is 0 Å². The zero-order chi connectivity index (χ0) is 82.3. The Labute approximate surface area is 635 Å². The predicted molar refractivity (Wildman–Crippen MR) is 411 cm³/mol. The molecule has 107 heavy (non-hydrogen) atoms. The van der Waals surface area contributed by atoms with Gasteiger partial charge in [-0.2, -0.15) is 0 Å². The Morgan fingerprint density at radius 3 is 0.841 bits per heavy atom. The van der Waals surface area contributed by atoms with E-state index in [1.807, 2.05) is 111 Å². The quantitative estimate of drug-likeness (QED) is 0.0417. The largest absolute Gasteiger partial charge is 0.444 e. The topological polar surface area (TPSA) is 503 Å². The van der Waals surface area contributed by atoms with Crippen molar-refractivity contribution >= 4 is 83.6 Å². The van der Waals surface area contributed by atoms with Crippen molar-refractivity contribution in [2.45, 2.75) is 289 Å². The second kappa shape index (κ2) is 49.9. The zero-order valence-corrected chi connectivity index (χ0v) is 68.3. The number of hydrogen-bond acceptors (Lipinski definition) is 15. The molecule has 0 saturated heterocycles. The van der Waals surface area contributed by atoms with Gasteiger partial charge in [-0.15, -0.1) is 0 Å². The van der Waals surface area contributed by atoms with E-state index in [1.165, 1.54) is 20.8 Å². The van der Waals surface area contributed by atoms with Crippen LogP contribution in [0, 0.1) is 47.3 Å². The molecule has 0 aliphatic carbocycles. The monoisotopic (exact) mass is 1520 g/mol. The SMILES string of the molecule is CC(C)C[C@@H](CNC(N)=O)NC(=O)NC[C@H](C)NC(=O)NC[C@@H](NC(=O)NC[C@H](CC(C)C)NC(=O)NC[C@H](C)NC(=O)NC[C@@H](NC(=O)[C@H](CC(C)C)NC(=O)[C@H](C)NC(=O)[C@H](CC(C)C)NC(=O)[C@H](C)NC(=O)[C@H](CC(C)C)NC(=O)[C@H](C)NC(=O)[C@H](CC(C)C)NC(=O)OC(C)(C)C)C(C)C)C(C)C. The highest BCUT2D eigenvalue weighted by Gasteiger charge is 2.35. The second-order valence-corrected chi connectivity index (χ2v) is 32.3. The van der Waals surface area contributed by atoms with Crippen molar-refractivity contribution in [2.24, 2.45) is 53.1 Å². The molecule has 0 aromatic rings. The van der Waals surface area contributed by atoms with Crippen LogP contribution in [0.1, 0.15) is 205 Å². The van der Waals surface area contributed by atoms with Crippen molar-refractivity contribution in [1.82, 2.24) is 101 Å². The Hall–Kier alpha value is -8.82. The van der Waals surface area contributed by atoms with E-state index in [-0.39, 0.29) is 118 Å². The summed E-state index contributed by atoms with van der Waals surface area (Å²) in [5.74, 6) is -5.02. The molecule has 0 aliphatic rings. The van der Waals surface area contributed by atoms with Gasteiger partial charge in [0.05, 0.1) is 6.04 Å². The summed E-state index contributed by atoms with van der Waals surface area (Å²) in [5.41, 5.74) is 4.37. The number of hydrogen-bond donors (Lipinski definition) is 20. The minimum absolute atomic E-state index is 0.0145. The van der Waals surface area contributed by atoms with Gasteiger partial charge in [0.1, 0.15) is 47.9 Å². The number of carbonyl (C=O) groups excluding carboxylic acids is 14. The van der Waals surface area contributed by atoms with E-state index < -0.39 is 162 Å². The second-order valence-electron chi connectivity index (χ2n) is 32.3. The van der Waals surface area contributed by atoms with E-state index in [0.29, 0.717) is 12.8 Å². The summed E-state index contributed by atoms with van der Waals surface area (Å²) < 4.78 is 5.33. The molecule has 0 saturated carbocycles. The summed E-state index contributed by atoms with van der Waals surface area (Å²) in [6.07, 6.45) is 1.03. The summed E-state index contributed by atoms with van der Waals surface area (Å²) in [5, 5.41) is 51.9. The molecule has 0 aromatic heterocycles. The molecule has 35 nitrogen and oxygen atoms in total.